The number of aryl methyl sites for hydroxylation is 2. The second-order valence-corrected chi connectivity index (χ2v) is 9.54. The molecule has 0 bridgehead atoms. The van der Waals surface area contributed by atoms with Crippen LogP contribution in [0.25, 0.3) is 21.4 Å². The van der Waals surface area contributed by atoms with E-state index in [1.54, 1.807) is 23.3 Å². The number of piperazine rings is 1. The van der Waals surface area contributed by atoms with Crippen LogP contribution in [0.15, 0.2) is 28.0 Å². The van der Waals surface area contributed by atoms with Crippen molar-refractivity contribution in [1.29, 1.82) is 0 Å². The van der Waals surface area contributed by atoms with Gasteiger partial charge >= 0.3 is 5.69 Å². The average Bonchev–Trinajstić information content (AvgIpc) is 3.45. The number of fused-ring (bicyclic) bond motifs is 2. The molecule has 1 saturated heterocycles. The van der Waals surface area contributed by atoms with Crippen LogP contribution in [-0.2, 0) is 25.4 Å². The van der Waals surface area contributed by atoms with E-state index in [0.29, 0.717) is 31.2 Å². The topological polar surface area (TPSA) is 98.3 Å². The molecule has 4 heterocycles. The third-order valence-electron chi connectivity index (χ3n) is 6.11. The molecule has 172 valence electrons. The Hall–Kier alpha value is -3.18. The van der Waals surface area contributed by atoms with Gasteiger partial charge in [-0.15, -0.1) is 0 Å². The Bertz CT molecular complexity index is 1490. The molecule has 4 aromatic rings. The summed E-state index contributed by atoms with van der Waals surface area (Å²) in [6, 6.07) is 3.86. The molecule has 0 unspecified atom stereocenters. The largest absolute Gasteiger partial charge is 0.345 e. The number of carbonyl (C=O) groups excluding carboxylic acids is 1. The number of hydrogen-bond donors (Lipinski definition) is 0. The van der Waals surface area contributed by atoms with Crippen molar-refractivity contribution in [2.45, 2.75) is 13.5 Å². The predicted octanol–water partition coefficient (Wildman–Crippen LogP) is 1.35. The molecular weight excluding hydrogens is 466 g/mol. The molecular formula is C21H22ClN7O3S. The number of halogens is 1. The fourth-order valence-electron chi connectivity index (χ4n) is 4.14. The van der Waals surface area contributed by atoms with Crippen molar-refractivity contribution in [3.05, 3.63) is 49.9 Å². The fourth-order valence-corrected chi connectivity index (χ4v) is 5.50. The predicted molar refractivity (Wildman–Crippen MR) is 128 cm³/mol. The van der Waals surface area contributed by atoms with Gasteiger partial charge in [0.15, 0.2) is 16.3 Å². The Kier molecular flexibility index (Phi) is 5.25. The highest BCUT2D eigenvalue weighted by Gasteiger charge is 2.25. The smallest absolute Gasteiger partial charge is 0.332 e. The first kappa shape index (κ1) is 21.7. The van der Waals surface area contributed by atoms with Gasteiger partial charge in [-0.05, 0) is 18.6 Å². The maximum Gasteiger partial charge on any atom is 0.332 e. The number of rotatable bonds is 3. The molecule has 0 saturated carbocycles. The number of aromatic nitrogens is 5. The van der Waals surface area contributed by atoms with E-state index in [1.165, 1.54) is 22.5 Å². The lowest BCUT2D eigenvalue weighted by Crippen LogP contribution is -2.49. The molecule has 0 aliphatic carbocycles. The molecule has 12 heteroatoms. The number of benzene rings is 1. The Labute approximate surface area is 197 Å². The van der Waals surface area contributed by atoms with Gasteiger partial charge in [-0.25, -0.2) is 14.8 Å². The number of thiazole rings is 1. The molecule has 0 radical (unpaired) electrons. The highest BCUT2D eigenvalue weighted by atomic mass is 35.5. The van der Waals surface area contributed by atoms with Crippen molar-refractivity contribution < 1.29 is 4.79 Å². The van der Waals surface area contributed by atoms with Crippen LogP contribution in [0.2, 0.25) is 5.02 Å². The number of carbonyl (C=O) groups is 1. The normalized spacial score (nSPS) is 14.5. The fraction of sp³-hybridized carbons (Fsp3) is 0.381. The molecule has 33 heavy (non-hydrogen) atoms. The molecule has 5 rings (SSSR count). The van der Waals surface area contributed by atoms with Crippen molar-refractivity contribution in [1.82, 2.24) is 28.6 Å². The van der Waals surface area contributed by atoms with Gasteiger partial charge in [0.2, 0.25) is 5.91 Å². The van der Waals surface area contributed by atoms with Crippen molar-refractivity contribution in [2.24, 2.45) is 14.1 Å². The van der Waals surface area contributed by atoms with Crippen LogP contribution in [0.5, 0.6) is 0 Å². The average molecular weight is 488 g/mol. The monoisotopic (exact) mass is 487 g/mol. The molecule has 0 spiro atoms. The van der Waals surface area contributed by atoms with Crippen LogP contribution in [0.3, 0.4) is 0 Å². The van der Waals surface area contributed by atoms with Crippen molar-refractivity contribution in [2.75, 3.05) is 31.1 Å². The Balaban J connectivity index is 1.32. The zero-order chi connectivity index (χ0) is 23.4. The number of nitrogens with zero attached hydrogens (tertiary/aromatic N) is 7. The lowest BCUT2D eigenvalue weighted by molar-refractivity contribution is -0.132. The Morgan fingerprint density at radius 1 is 1.12 bits per heavy atom. The van der Waals surface area contributed by atoms with Gasteiger partial charge in [0.05, 0.1) is 21.6 Å². The van der Waals surface area contributed by atoms with Crippen LogP contribution in [0.4, 0.5) is 5.13 Å². The van der Waals surface area contributed by atoms with Crippen LogP contribution in [0.1, 0.15) is 5.56 Å². The SMILES string of the molecule is Cc1ccc(Cl)c2sc(N3CCN(C(=O)Cn4cnc5c4c(=O)n(C)c(=O)n5C)CC3)nc12. The summed E-state index contributed by atoms with van der Waals surface area (Å²) in [5.74, 6) is -0.104. The van der Waals surface area contributed by atoms with Gasteiger partial charge in [-0.3, -0.25) is 18.7 Å². The summed E-state index contributed by atoms with van der Waals surface area (Å²) >= 11 is 7.91. The highest BCUT2D eigenvalue weighted by Crippen LogP contribution is 2.35. The molecule has 1 aliphatic rings. The van der Waals surface area contributed by atoms with Gasteiger partial charge in [0, 0.05) is 40.3 Å². The molecule has 0 atom stereocenters. The van der Waals surface area contributed by atoms with E-state index in [2.05, 4.69) is 9.88 Å². The van der Waals surface area contributed by atoms with Gasteiger partial charge < -0.3 is 14.4 Å². The third kappa shape index (κ3) is 3.51. The zero-order valence-corrected chi connectivity index (χ0v) is 20.0. The molecule has 3 aromatic heterocycles. The van der Waals surface area contributed by atoms with E-state index in [0.717, 1.165) is 25.5 Å². The van der Waals surface area contributed by atoms with Crippen molar-refractivity contribution >= 4 is 55.4 Å². The van der Waals surface area contributed by atoms with Crippen LogP contribution < -0.4 is 16.1 Å². The van der Waals surface area contributed by atoms with E-state index < -0.39 is 11.2 Å². The Morgan fingerprint density at radius 2 is 1.85 bits per heavy atom. The lowest BCUT2D eigenvalue weighted by Gasteiger charge is -2.34. The van der Waals surface area contributed by atoms with E-state index in [-0.39, 0.29) is 23.6 Å². The molecule has 1 amide bonds. The summed E-state index contributed by atoms with van der Waals surface area (Å²) in [5.41, 5.74) is 1.60. The van der Waals surface area contributed by atoms with E-state index in [1.807, 2.05) is 19.1 Å². The molecule has 10 nitrogen and oxygen atoms in total. The van der Waals surface area contributed by atoms with Crippen LogP contribution in [-0.4, -0.2) is 60.7 Å². The van der Waals surface area contributed by atoms with Crippen LogP contribution in [0, 0.1) is 6.92 Å². The number of imidazole rings is 1. The first-order valence-corrected chi connectivity index (χ1v) is 11.6. The molecule has 1 aliphatic heterocycles. The number of amides is 1. The van der Waals surface area contributed by atoms with Crippen LogP contribution >= 0.6 is 22.9 Å². The van der Waals surface area contributed by atoms with E-state index in [9.17, 15) is 14.4 Å². The minimum Gasteiger partial charge on any atom is -0.345 e. The molecule has 1 aromatic carbocycles. The Morgan fingerprint density at radius 3 is 2.55 bits per heavy atom. The standard InChI is InChI=1S/C21H22ClN7O3S/c1-12-4-5-13(22)17-15(12)24-20(33-17)28-8-6-27(7-9-28)14(30)10-29-11-23-18-16(29)19(31)26(3)21(32)25(18)2/h4-5,11H,6-10H2,1-3H3. The minimum atomic E-state index is -0.465. The number of anilines is 1. The second kappa shape index (κ2) is 7.99. The van der Waals surface area contributed by atoms with Gasteiger partial charge in [0.25, 0.3) is 5.56 Å². The van der Waals surface area contributed by atoms with E-state index in [4.69, 9.17) is 16.6 Å². The minimum absolute atomic E-state index is 0.0140. The first-order chi connectivity index (χ1) is 15.8. The summed E-state index contributed by atoms with van der Waals surface area (Å²) in [6.07, 6.45) is 1.44. The summed E-state index contributed by atoms with van der Waals surface area (Å²) in [4.78, 5) is 50.6. The maximum atomic E-state index is 13.0. The summed E-state index contributed by atoms with van der Waals surface area (Å²) in [5, 5.41) is 1.60. The van der Waals surface area contributed by atoms with Gasteiger partial charge in [-0.2, -0.15) is 0 Å². The summed E-state index contributed by atoms with van der Waals surface area (Å²) in [6.45, 7) is 4.41. The number of hydrogen-bond acceptors (Lipinski definition) is 7. The highest BCUT2D eigenvalue weighted by molar-refractivity contribution is 7.22. The van der Waals surface area contributed by atoms with Gasteiger partial charge in [0.1, 0.15) is 6.54 Å². The molecule has 1 fully saturated rings. The zero-order valence-electron chi connectivity index (χ0n) is 18.4. The van der Waals surface area contributed by atoms with E-state index >= 15 is 0 Å². The maximum absolute atomic E-state index is 13.0. The molecule has 0 N–H and O–H groups in total. The van der Waals surface area contributed by atoms with Crippen molar-refractivity contribution in [3.63, 3.8) is 0 Å². The van der Waals surface area contributed by atoms with Gasteiger partial charge in [-0.1, -0.05) is 29.0 Å². The third-order valence-corrected chi connectivity index (χ3v) is 7.69. The first-order valence-electron chi connectivity index (χ1n) is 10.5. The quantitative estimate of drug-likeness (QED) is 0.432. The lowest BCUT2D eigenvalue weighted by atomic mass is 10.2. The summed E-state index contributed by atoms with van der Waals surface area (Å²) in [7, 11) is 2.97. The van der Waals surface area contributed by atoms with Crippen molar-refractivity contribution in [3.8, 4) is 0 Å². The summed E-state index contributed by atoms with van der Waals surface area (Å²) < 4.78 is 4.83. The second-order valence-electron chi connectivity index (χ2n) is 8.16.